The number of aliphatic hydroxyl groups is 6. The van der Waals surface area contributed by atoms with Gasteiger partial charge in [-0.2, -0.15) is 0 Å². The first kappa shape index (κ1) is 38.9. The number of esters is 2. The topological polar surface area (TPSA) is 174 Å². The number of cyclic esters (lactones) is 1. The highest BCUT2D eigenvalue weighted by Crippen LogP contribution is 2.63. The van der Waals surface area contributed by atoms with Crippen LogP contribution >= 0.6 is 0 Å². The van der Waals surface area contributed by atoms with E-state index in [0.29, 0.717) is 32.1 Å². The third kappa shape index (κ3) is 6.47. The average Bonchev–Trinajstić information content (AvgIpc) is 3.42. The SMILES string of the molecule is C=C1CC[C@@H]2[C@](C)(CO)[C@H](O)CC[C@@]2(C)[C@@H]1C/C=C1/C(=O)OC[C@@H]1OC(=O)/C(=C/CO)[C@@H](O)C[C@@H]1C(=C)CC[C@@H]2[C@](C)(CO)[C@H](O)CC[C@]21C. The van der Waals surface area contributed by atoms with Crippen molar-refractivity contribution in [3.63, 3.8) is 0 Å². The summed E-state index contributed by atoms with van der Waals surface area (Å²) in [5.74, 6) is -1.63. The highest BCUT2D eigenvalue weighted by Gasteiger charge is 2.59. The predicted molar refractivity (Wildman–Crippen MR) is 187 cm³/mol. The van der Waals surface area contributed by atoms with Crippen LogP contribution in [0.2, 0.25) is 0 Å². The van der Waals surface area contributed by atoms with Crippen molar-refractivity contribution < 1.29 is 49.7 Å². The van der Waals surface area contributed by atoms with Crippen LogP contribution in [-0.2, 0) is 19.1 Å². The number of rotatable bonds is 10. The zero-order valence-corrected chi connectivity index (χ0v) is 30.4. The van der Waals surface area contributed by atoms with Crippen LogP contribution in [0, 0.1) is 45.3 Å². The van der Waals surface area contributed by atoms with Crippen molar-refractivity contribution in [3.8, 4) is 0 Å². The molecule has 12 atom stereocenters. The first-order chi connectivity index (χ1) is 23.5. The maximum absolute atomic E-state index is 13.7. The Balaban J connectivity index is 1.32. The maximum atomic E-state index is 13.7. The fraction of sp³-hybridized carbons (Fsp3) is 0.750. The van der Waals surface area contributed by atoms with E-state index in [1.807, 2.05) is 13.8 Å². The number of fused-ring (bicyclic) bond motifs is 2. The molecule has 0 spiro atoms. The number of carbonyl (C=O) groups is 2. The summed E-state index contributed by atoms with van der Waals surface area (Å²) in [6.45, 7) is 15.9. The number of allylic oxidation sites excluding steroid dienone is 3. The Kier molecular flexibility index (Phi) is 11.3. The van der Waals surface area contributed by atoms with E-state index in [1.54, 1.807) is 6.08 Å². The summed E-state index contributed by atoms with van der Waals surface area (Å²) in [6.07, 6.45) is 5.58. The zero-order valence-electron chi connectivity index (χ0n) is 30.4. The van der Waals surface area contributed by atoms with Crippen LogP contribution in [-0.4, -0.2) is 93.4 Å². The fourth-order valence-corrected chi connectivity index (χ4v) is 11.3. The van der Waals surface area contributed by atoms with Crippen molar-refractivity contribution in [3.05, 3.63) is 47.6 Å². The molecule has 10 heteroatoms. The van der Waals surface area contributed by atoms with Crippen LogP contribution in [0.3, 0.4) is 0 Å². The van der Waals surface area contributed by atoms with Gasteiger partial charge in [-0.3, -0.25) is 0 Å². The van der Waals surface area contributed by atoms with Crippen LogP contribution in [0.4, 0.5) is 0 Å². The van der Waals surface area contributed by atoms with E-state index in [2.05, 4.69) is 27.0 Å². The van der Waals surface area contributed by atoms with Gasteiger partial charge >= 0.3 is 11.9 Å². The number of carbonyl (C=O) groups excluding carboxylic acids is 2. The zero-order chi connectivity index (χ0) is 36.8. The molecule has 4 saturated carbocycles. The third-order valence-electron chi connectivity index (χ3n) is 14.5. The van der Waals surface area contributed by atoms with Gasteiger partial charge in [0.05, 0.1) is 49.3 Å². The molecule has 0 amide bonds. The van der Waals surface area contributed by atoms with E-state index < -0.39 is 53.8 Å². The van der Waals surface area contributed by atoms with Gasteiger partial charge in [0.2, 0.25) is 0 Å². The lowest BCUT2D eigenvalue weighted by atomic mass is 9.46. The minimum Gasteiger partial charge on any atom is -0.458 e. The minimum atomic E-state index is -1.30. The monoisotopic (exact) mass is 700 g/mol. The van der Waals surface area contributed by atoms with Crippen molar-refractivity contribution >= 4 is 11.9 Å². The van der Waals surface area contributed by atoms with Gasteiger partial charge in [-0.15, -0.1) is 0 Å². The average molecular weight is 701 g/mol. The van der Waals surface area contributed by atoms with Gasteiger partial charge in [-0.25, -0.2) is 9.59 Å². The highest BCUT2D eigenvalue weighted by atomic mass is 16.6. The second kappa shape index (κ2) is 14.6. The molecule has 10 nitrogen and oxygen atoms in total. The Morgan fingerprint density at radius 3 is 1.94 bits per heavy atom. The molecule has 0 aromatic carbocycles. The molecule has 0 radical (unpaired) electrons. The summed E-state index contributed by atoms with van der Waals surface area (Å²) in [5.41, 5.74) is 0.134. The smallest absolute Gasteiger partial charge is 0.337 e. The second-order valence-electron chi connectivity index (χ2n) is 17.0. The van der Waals surface area contributed by atoms with Gasteiger partial charge in [0, 0.05) is 10.8 Å². The second-order valence-corrected chi connectivity index (χ2v) is 17.0. The molecular formula is C40H60O10. The van der Waals surface area contributed by atoms with Crippen LogP contribution < -0.4 is 0 Å². The summed E-state index contributed by atoms with van der Waals surface area (Å²) in [7, 11) is 0. The molecule has 0 unspecified atom stereocenters. The molecule has 280 valence electrons. The van der Waals surface area contributed by atoms with E-state index in [1.165, 1.54) is 6.08 Å². The summed E-state index contributed by atoms with van der Waals surface area (Å²) in [6, 6.07) is 0. The van der Waals surface area contributed by atoms with E-state index in [4.69, 9.17) is 9.47 Å². The van der Waals surface area contributed by atoms with Gasteiger partial charge in [0.25, 0.3) is 0 Å². The summed E-state index contributed by atoms with van der Waals surface area (Å²) >= 11 is 0. The normalized spacial score (nSPS) is 43.6. The van der Waals surface area contributed by atoms with E-state index >= 15 is 0 Å². The van der Waals surface area contributed by atoms with Crippen LogP contribution in [0.1, 0.15) is 91.9 Å². The number of hydrogen-bond acceptors (Lipinski definition) is 10. The Bertz CT molecular complexity index is 1400. The van der Waals surface area contributed by atoms with Gasteiger partial charge in [0.1, 0.15) is 6.61 Å². The van der Waals surface area contributed by atoms with E-state index in [-0.39, 0.29) is 71.9 Å². The molecule has 4 aliphatic carbocycles. The highest BCUT2D eigenvalue weighted by molar-refractivity contribution is 5.94. The molecule has 0 aromatic rings. The molecule has 1 heterocycles. The predicted octanol–water partition coefficient (Wildman–Crippen LogP) is 3.93. The van der Waals surface area contributed by atoms with Crippen molar-refractivity contribution in [2.75, 3.05) is 26.4 Å². The molecule has 5 fully saturated rings. The molecule has 1 aliphatic heterocycles. The fourth-order valence-electron chi connectivity index (χ4n) is 11.3. The first-order valence-corrected chi connectivity index (χ1v) is 18.5. The lowest BCUT2D eigenvalue weighted by molar-refractivity contribution is -0.155. The van der Waals surface area contributed by atoms with Gasteiger partial charge < -0.3 is 40.1 Å². The number of hydrogen-bond donors (Lipinski definition) is 6. The Morgan fingerprint density at radius 1 is 0.900 bits per heavy atom. The lowest BCUT2D eigenvalue weighted by Crippen LogP contribution is -2.57. The first-order valence-electron chi connectivity index (χ1n) is 18.5. The summed E-state index contributed by atoms with van der Waals surface area (Å²) < 4.78 is 11.2. The van der Waals surface area contributed by atoms with Gasteiger partial charge in [-0.05, 0) is 105 Å². The lowest BCUT2D eigenvalue weighted by Gasteiger charge is -2.60. The largest absolute Gasteiger partial charge is 0.458 e. The number of ether oxygens (including phenoxy) is 2. The molecule has 5 aliphatic rings. The number of aliphatic hydroxyl groups excluding tert-OH is 6. The standard InChI is InChI=1S/C40H60O10/c1-23-7-11-31-37(3,16-13-33(45)39(31,5)21-42)27(23)10-9-26-30(20-49-35(26)47)50-36(48)25(15-18-41)29(44)19-28-24(2)8-12-32-38(28,4)17-14-34(46)40(32,6)22-43/h9,15,27-34,41-46H,1-2,7-8,10-14,16-22H2,3-6H3/b25-15+,26-9+/t27-,28-,29+,30+,31+,32+,33-,34-,37+,38+,39+,40+/m1/s1. The third-order valence-corrected chi connectivity index (χ3v) is 14.5. The summed E-state index contributed by atoms with van der Waals surface area (Å²) in [4.78, 5) is 26.6. The Hall–Kier alpha value is -2.34. The molecular weight excluding hydrogens is 640 g/mol. The molecule has 0 aromatic heterocycles. The molecule has 5 rings (SSSR count). The van der Waals surface area contributed by atoms with Crippen LogP contribution in [0.5, 0.6) is 0 Å². The van der Waals surface area contributed by atoms with Gasteiger partial charge in [-0.1, -0.05) is 58.1 Å². The Morgan fingerprint density at radius 2 is 1.42 bits per heavy atom. The quantitative estimate of drug-likeness (QED) is 0.111. The van der Waals surface area contributed by atoms with Crippen molar-refractivity contribution in [2.24, 2.45) is 45.3 Å². The van der Waals surface area contributed by atoms with E-state index in [0.717, 1.165) is 36.8 Å². The van der Waals surface area contributed by atoms with Crippen molar-refractivity contribution in [1.29, 1.82) is 0 Å². The van der Waals surface area contributed by atoms with Crippen molar-refractivity contribution in [2.45, 2.75) is 116 Å². The summed E-state index contributed by atoms with van der Waals surface area (Å²) in [5, 5.41) is 63.8. The minimum absolute atomic E-state index is 0.0214. The van der Waals surface area contributed by atoms with Gasteiger partial charge in [0.15, 0.2) is 6.10 Å². The molecule has 50 heavy (non-hydrogen) atoms. The molecule has 1 saturated heterocycles. The van der Waals surface area contributed by atoms with Crippen LogP contribution in [0.15, 0.2) is 47.6 Å². The van der Waals surface area contributed by atoms with E-state index in [9.17, 15) is 40.2 Å². The molecule has 0 bridgehead atoms. The Labute approximate surface area is 296 Å². The van der Waals surface area contributed by atoms with Crippen LogP contribution in [0.25, 0.3) is 0 Å². The van der Waals surface area contributed by atoms with Crippen molar-refractivity contribution in [1.82, 2.24) is 0 Å². The molecule has 6 N–H and O–H groups in total. The maximum Gasteiger partial charge on any atom is 0.337 e.